The van der Waals surface area contributed by atoms with Gasteiger partial charge in [-0.25, -0.2) is 0 Å². The number of thiocarbonyl (C=S) groups is 1. The number of morpholine rings is 1. The number of benzene rings is 1. The minimum Gasteiger partial charge on any atom is -0.494 e. The van der Waals surface area contributed by atoms with Crippen LogP contribution in [-0.4, -0.2) is 59.6 Å². The Labute approximate surface area is 157 Å². The predicted octanol–water partition coefficient (Wildman–Crippen LogP) is 2.97. The van der Waals surface area contributed by atoms with Crippen molar-refractivity contribution in [2.45, 2.75) is 13.3 Å². The normalized spacial score (nSPS) is 20.5. The molecule has 2 aliphatic rings. The van der Waals surface area contributed by atoms with Gasteiger partial charge in [0.1, 0.15) is 10.1 Å². The summed E-state index contributed by atoms with van der Waals surface area (Å²) in [6, 6.07) is 7.77. The lowest BCUT2D eigenvalue weighted by atomic mass is 10.2. The van der Waals surface area contributed by atoms with Crippen molar-refractivity contribution < 1.29 is 14.3 Å². The molecule has 134 valence electrons. The molecule has 1 aromatic carbocycles. The molecule has 0 aromatic heterocycles. The van der Waals surface area contributed by atoms with Gasteiger partial charge in [0.25, 0.3) is 5.91 Å². The largest absolute Gasteiger partial charge is 0.494 e. The van der Waals surface area contributed by atoms with Gasteiger partial charge in [0, 0.05) is 13.1 Å². The van der Waals surface area contributed by atoms with Gasteiger partial charge in [-0.05, 0) is 30.2 Å². The summed E-state index contributed by atoms with van der Waals surface area (Å²) >= 11 is 6.76. The zero-order valence-electron chi connectivity index (χ0n) is 14.3. The van der Waals surface area contributed by atoms with E-state index in [0.29, 0.717) is 35.7 Å². The van der Waals surface area contributed by atoms with Gasteiger partial charge in [0.2, 0.25) is 0 Å². The fraction of sp³-hybridized carbons (Fsp3) is 0.444. The minimum absolute atomic E-state index is 0.0206. The standard InChI is InChI=1S/C18H22N2O3S2/c1-2-9-23-15-5-3-14(4-6-15)12-16-17(21)20(18(24)25-16)13-19-7-10-22-11-8-19/h3-6,12H,2,7-11,13H2,1H3. The first-order valence-corrected chi connectivity index (χ1v) is 9.68. The number of amides is 1. The lowest BCUT2D eigenvalue weighted by molar-refractivity contribution is -0.124. The Morgan fingerprint density at radius 3 is 2.68 bits per heavy atom. The number of hydrogen-bond acceptors (Lipinski definition) is 6. The molecule has 7 heteroatoms. The summed E-state index contributed by atoms with van der Waals surface area (Å²) in [5, 5.41) is 0. The third-order valence-electron chi connectivity index (χ3n) is 3.97. The number of rotatable bonds is 6. The van der Waals surface area contributed by atoms with Gasteiger partial charge in [0.05, 0.1) is 31.4 Å². The maximum Gasteiger partial charge on any atom is 0.267 e. The molecule has 0 unspecified atom stereocenters. The Kier molecular flexibility index (Phi) is 6.47. The molecule has 0 spiro atoms. The topological polar surface area (TPSA) is 42.0 Å². The Morgan fingerprint density at radius 2 is 2.00 bits per heavy atom. The molecule has 0 N–H and O–H groups in total. The van der Waals surface area contributed by atoms with E-state index in [-0.39, 0.29) is 5.91 Å². The van der Waals surface area contributed by atoms with E-state index in [1.54, 1.807) is 4.90 Å². The quantitative estimate of drug-likeness (QED) is 0.560. The van der Waals surface area contributed by atoms with Crippen molar-refractivity contribution in [2.24, 2.45) is 0 Å². The first kappa shape index (κ1) is 18.4. The zero-order chi connectivity index (χ0) is 17.6. The fourth-order valence-electron chi connectivity index (χ4n) is 2.60. The Morgan fingerprint density at radius 1 is 1.28 bits per heavy atom. The second-order valence-electron chi connectivity index (χ2n) is 5.90. The summed E-state index contributed by atoms with van der Waals surface area (Å²) in [5.41, 5.74) is 0.968. The highest BCUT2D eigenvalue weighted by Gasteiger charge is 2.33. The Balaban J connectivity index is 1.65. The van der Waals surface area contributed by atoms with Gasteiger partial charge in [-0.2, -0.15) is 0 Å². The molecule has 0 bridgehead atoms. The van der Waals surface area contributed by atoms with Crippen molar-refractivity contribution in [3.05, 3.63) is 34.7 Å². The third-order valence-corrected chi connectivity index (χ3v) is 5.35. The van der Waals surface area contributed by atoms with E-state index in [4.69, 9.17) is 21.7 Å². The maximum atomic E-state index is 12.7. The minimum atomic E-state index is -0.0206. The highest BCUT2D eigenvalue weighted by molar-refractivity contribution is 8.26. The Hall–Kier alpha value is -1.41. The van der Waals surface area contributed by atoms with E-state index in [9.17, 15) is 4.79 Å². The second kappa shape index (κ2) is 8.80. The van der Waals surface area contributed by atoms with Crippen LogP contribution < -0.4 is 4.74 Å². The SMILES string of the molecule is CCCOc1ccc(C=C2SC(=S)N(CN3CCOCC3)C2=O)cc1. The van der Waals surface area contributed by atoms with Crippen LogP contribution in [0, 0.1) is 0 Å². The second-order valence-corrected chi connectivity index (χ2v) is 7.57. The van der Waals surface area contributed by atoms with Crippen LogP contribution in [0.4, 0.5) is 0 Å². The van der Waals surface area contributed by atoms with Crippen molar-refractivity contribution in [1.82, 2.24) is 9.80 Å². The number of carbonyl (C=O) groups excluding carboxylic acids is 1. The average Bonchev–Trinajstić information content (AvgIpc) is 2.89. The van der Waals surface area contributed by atoms with E-state index in [1.165, 1.54) is 11.8 Å². The van der Waals surface area contributed by atoms with E-state index < -0.39 is 0 Å². The molecule has 2 saturated heterocycles. The maximum absolute atomic E-state index is 12.7. The molecule has 25 heavy (non-hydrogen) atoms. The van der Waals surface area contributed by atoms with E-state index >= 15 is 0 Å². The van der Waals surface area contributed by atoms with Gasteiger partial charge >= 0.3 is 0 Å². The first-order valence-electron chi connectivity index (χ1n) is 8.45. The third kappa shape index (κ3) is 4.82. The van der Waals surface area contributed by atoms with E-state index in [2.05, 4.69) is 11.8 Å². The predicted molar refractivity (Wildman–Crippen MR) is 104 cm³/mol. The van der Waals surface area contributed by atoms with Crippen molar-refractivity contribution in [3.8, 4) is 5.75 Å². The van der Waals surface area contributed by atoms with Gasteiger partial charge in [0.15, 0.2) is 0 Å². The Bertz CT molecular complexity index is 655. The van der Waals surface area contributed by atoms with Crippen molar-refractivity contribution >= 4 is 40.3 Å². The molecule has 1 aromatic rings. The van der Waals surface area contributed by atoms with Crippen molar-refractivity contribution in [1.29, 1.82) is 0 Å². The monoisotopic (exact) mass is 378 g/mol. The molecular weight excluding hydrogens is 356 g/mol. The number of ether oxygens (including phenoxy) is 2. The zero-order valence-corrected chi connectivity index (χ0v) is 15.9. The van der Waals surface area contributed by atoms with Crippen LogP contribution >= 0.6 is 24.0 Å². The lowest BCUT2D eigenvalue weighted by Crippen LogP contribution is -2.45. The van der Waals surface area contributed by atoms with Gasteiger partial charge in [-0.3, -0.25) is 14.6 Å². The summed E-state index contributed by atoms with van der Waals surface area (Å²) < 4.78 is 11.5. The van der Waals surface area contributed by atoms with Crippen molar-refractivity contribution in [3.63, 3.8) is 0 Å². The number of carbonyl (C=O) groups is 1. The highest BCUT2D eigenvalue weighted by Crippen LogP contribution is 2.33. The summed E-state index contributed by atoms with van der Waals surface area (Å²) in [7, 11) is 0. The lowest BCUT2D eigenvalue weighted by Gasteiger charge is -2.29. The van der Waals surface area contributed by atoms with Crippen LogP contribution in [0.25, 0.3) is 6.08 Å². The van der Waals surface area contributed by atoms with Crippen LogP contribution in [0.3, 0.4) is 0 Å². The van der Waals surface area contributed by atoms with E-state index in [0.717, 1.165) is 30.8 Å². The molecule has 5 nitrogen and oxygen atoms in total. The molecule has 2 heterocycles. The van der Waals surface area contributed by atoms with E-state index in [1.807, 2.05) is 30.3 Å². The van der Waals surface area contributed by atoms with Gasteiger partial charge in [-0.1, -0.05) is 43.0 Å². The van der Waals surface area contributed by atoms with Crippen LogP contribution in [0.15, 0.2) is 29.2 Å². The molecule has 0 aliphatic carbocycles. The van der Waals surface area contributed by atoms with Gasteiger partial charge < -0.3 is 9.47 Å². The van der Waals surface area contributed by atoms with Crippen LogP contribution in [0.2, 0.25) is 0 Å². The molecule has 3 rings (SSSR count). The summed E-state index contributed by atoms with van der Waals surface area (Å²) in [6.07, 6.45) is 2.87. The smallest absolute Gasteiger partial charge is 0.267 e. The molecular formula is C18H22N2O3S2. The highest BCUT2D eigenvalue weighted by atomic mass is 32.2. The first-order chi connectivity index (χ1) is 12.2. The van der Waals surface area contributed by atoms with Crippen LogP contribution in [0.5, 0.6) is 5.75 Å². The van der Waals surface area contributed by atoms with Gasteiger partial charge in [-0.15, -0.1) is 0 Å². The number of thioether (sulfide) groups is 1. The number of hydrogen-bond donors (Lipinski definition) is 0. The summed E-state index contributed by atoms with van der Waals surface area (Å²) in [6.45, 7) is 6.39. The fourth-order valence-corrected chi connectivity index (χ4v) is 3.84. The van der Waals surface area contributed by atoms with Crippen LogP contribution in [0.1, 0.15) is 18.9 Å². The average molecular weight is 379 g/mol. The molecule has 0 saturated carbocycles. The van der Waals surface area contributed by atoms with Crippen molar-refractivity contribution in [2.75, 3.05) is 39.6 Å². The van der Waals surface area contributed by atoms with Crippen LogP contribution in [-0.2, 0) is 9.53 Å². The molecule has 2 aliphatic heterocycles. The molecule has 2 fully saturated rings. The number of nitrogens with zero attached hydrogens (tertiary/aromatic N) is 2. The molecule has 0 radical (unpaired) electrons. The summed E-state index contributed by atoms with van der Waals surface area (Å²) in [4.78, 5) is 17.2. The molecule has 1 amide bonds. The molecule has 0 atom stereocenters. The summed E-state index contributed by atoms with van der Waals surface area (Å²) in [5.74, 6) is 0.826.